The summed E-state index contributed by atoms with van der Waals surface area (Å²) in [5.74, 6) is -0.153. The first-order chi connectivity index (χ1) is 10.6. The van der Waals surface area contributed by atoms with Crippen molar-refractivity contribution in [2.45, 2.75) is 12.6 Å². The third-order valence-corrected chi connectivity index (χ3v) is 3.79. The van der Waals surface area contributed by atoms with Crippen LogP contribution in [-0.4, -0.2) is 67.7 Å². The standard InChI is InChI=1S/C15H21NO6/c1-20-11-5-12(15(18)19)13(14(6-11)21-2)7-16-3-4-22-9-10(16)8-17/h5-6,10,17H,3-4,7-9H2,1-2H3,(H,18,19)/t10-/m1/s1. The summed E-state index contributed by atoms with van der Waals surface area (Å²) in [5.41, 5.74) is 0.704. The number of benzene rings is 1. The van der Waals surface area contributed by atoms with Crippen LogP contribution in [0.4, 0.5) is 0 Å². The third-order valence-electron chi connectivity index (χ3n) is 3.79. The van der Waals surface area contributed by atoms with Crippen molar-refractivity contribution in [2.75, 3.05) is 40.6 Å². The minimum absolute atomic E-state index is 0.0408. The topological polar surface area (TPSA) is 88.5 Å². The molecule has 0 radical (unpaired) electrons. The first kappa shape index (κ1) is 16.5. The normalized spacial score (nSPS) is 19.0. The molecule has 0 aromatic heterocycles. The van der Waals surface area contributed by atoms with Gasteiger partial charge in [-0.1, -0.05) is 0 Å². The van der Waals surface area contributed by atoms with Crippen LogP contribution in [0.15, 0.2) is 12.1 Å². The van der Waals surface area contributed by atoms with Gasteiger partial charge in [0, 0.05) is 24.7 Å². The van der Waals surface area contributed by atoms with E-state index in [0.717, 1.165) is 0 Å². The predicted molar refractivity (Wildman–Crippen MR) is 78.6 cm³/mol. The van der Waals surface area contributed by atoms with Gasteiger partial charge in [-0.15, -0.1) is 0 Å². The van der Waals surface area contributed by atoms with Gasteiger partial charge >= 0.3 is 5.97 Å². The molecule has 7 nitrogen and oxygen atoms in total. The average molecular weight is 311 g/mol. The monoisotopic (exact) mass is 311 g/mol. The first-order valence-electron chi connectivity index (χ1n) is 7.01. The zero-order valence-electron chi connectivity index (χ0n) is 12.7. The molecule has 1 saturated heterocycles. The van der Waals surface area contributed by atoms with Gasteiger partial charge in [0.25, 0.3) is 0 Å². The minimum atomic E-state index is -1.04. The Bertz CT molecular complexity index is 533. The van der Waals surface area contributed by atoms with E-state index < -0.39 is 5.97 Å². The van der Waals surface area contributed by atoms with Crippen LogP contribution in [-0.2, 0) is 11.3 Å². The lowest BCUT2D eigenvalue weighted by Crippen LogP contribution is -2.47. The Balaban J connectivity index is 2.37. The quantitative estimate of drug-likeness (QED) is 0.795. The zero-order valence-corrected chi connectivity index (χ0v) is 12.7. The Morgan fingerprint density at radius 3 is 2.77 bits per heavy atom. The Hall–Kier alpha value is -1.83. The molecule has 1 atom stereocenters. The smallest absolute Gasteiger partial charge is 0.336 e. The average Bonchev–Trinajstić information content (AvgIpc) is 2.55. The van der Waals surface area contributed by atoms with Crippen LogP contribution in [0, 0.1) is 0 Å². The molecule has 0 saturated carbocycles. The Labute approximate surface area is 129 Å². The number of aromatic carboxylic acids is 1. The van der Waals surface area contributed by atoms with Gasteiger partial charge in [-0.2, -0.15) is 0 Å². The van der Waals surface area contributed by atoms with Crippen LogP contribution in [0.5, 0.6) is 11.5 Å². The number of ether oxygens (including phenoxy) is 3. The first-order valence-corrected chi connectivity index (χ1v) is 7.01. The Morgan fingerprint density at radius 2 is 2.18 bits per heavy atom. The summed E-state index contributed by atoms with van der Waals surface area (Å²) in [6.45, 7) is 1.93. The van der Waals surface area contributed by atoms with Crippen molar-refractivity contribution >= 4 is 5.97 Å². The molecule has 0 unspecified atom stereocenters. The van der Waals surface area contributed by atoms with Crippen molar-refractivity contribution in [2.24, 2.45) is 0 Å². The fourth-order valence-corrected chi connectivity index (χ4v) is 2.54. The second kappa shape index (κ2) is 7.44. The van der Waals surface area contributed by atoms with Gasteiger partial charge in [0.2, 0.25) is 0 Å². The molecule has 22 heavy (non-hydrogen) atoms. The molecule has 1 heterocycles. The Morgan fingerprint density at radius 1 is 1.41 bits per heavy atom. The molecule has 122 valence electrons. The molecule has 0 bridgehead atoms. The van der Waals surface area contributed by atoms with Crippen LogP contribution >= 0.6 is 0 Å². The number of morpholine rings is 1. The lowest BCUT2D eigenvalue weighted by atomic mass is 10.0. The molecule has 7 heteroatoms. The van der Waals surface area contributed by atoms with E-state index in [1.54, 1.807) is 6.07 Å². The van der Waals surface area contributed by atoms with Crippen molar-refractivity contribution in [3.8, 4) is 11.5 Å². The van der Waals surface area contributed by atoms with Gasteiger partial charge in [0.1, 0.15) is 11.5 Å². The number of hydrogen-bond donors (Lipinski definition) is 2. The predicted octanol–water partition coefficient (Wildman–Crippen LogP) is 0.595. The molecule has 1 aromatic rings. The number of aliphatic hydroxyl groups excluding tert-OH is 1. The highest BCUT2D eigenvalue weighted by Crippen LogP contribution is 2.30. The van der Waals surface area contributed by atoms with Gasteiger partial charge in [-0.3, -0.25) is 4.90 Å². The number of rotatable bonds is 6. The number of nitrogens with zero attached hydrogens (tertiary/aromatic N) is 1. The minimum Gasteiger partial charge on any atom is -0.497 e. The molecular weight excluding hydrogens is 290 g/mol. The molecule has 2 rings (SSSR count). The summed E-state index contributed by atoms with van der Waals surface area (Å²) in [6.07, 6.45) is 0. The summed E-state index contributed by atoms with van der Waals surface area (Å²) >= 11 is 0. The number of carboxylic acids is 1. The molecule has 2 N–H and O–H groups in total. The van der Waals surface area contributed by atoms with E-state index in [-0.39, 0.29) is 18.2 Å². The lowest BCUT2D eigenvalue weighted by Gasteiger charge is -2.35. The number of carboxylic acid groups (broad SMARTS) is 1. The largest absolute Gasteiger partial charge is 0.497 e. The molecule has 1 aliphatic rings. The van der Waals surface area contributed by atoms with Crippen LogP contribution < -0.4 is 9.47 Å². The van der Waals surface area contributed by atoms with E-state index in [1.807, 2.05) is 4.90 Å². The van der Waals surface area contributed by atoms with Gasteiger partial charge in [0.05, 0.1) is 45.6 Å². The number of methoxy groups -OCH3 is 2. The zero-order chi connectivity index (χ0) is 16.1. The van der Waals surface area contributed by atoms with Crippen molar-refractivity contribution in [1.29, 1.82) is 0 Å². The molecule has 1 aromatic carbocycles. The van der Waals surface area contributed by atoms with E-state index in [0.29, 0.717) is 43.4 Å². The summed E-state index contributed by atoms with van der Waals surface area (Å²) in [7, 11) is 2.97. The van der Waals surface area contributed by atoms with Crippen LogP contribution in [0.1, 0.15) is 15.9 Å². The maximum absolute atomic E-state index is 11.5. The Kier molecular flexibility index (Phi) is 5.59. The highest BCUT2D eigenvalue weighted by molar-refractivity contribution is 5.91. The SMILES string of the molecule is COc1cc(OC)c(CN2CCOC[C@H]2CO)c(C(=O)O)c1. The summed E-state index contributed by atoms with van der Waals surface area (Å²) in [4.78, 5) is 13.5. The second-order valence-electron chi connectivity index (χ2n) is 5.04. The second-order valence-corrected chi connectivity index (χ2v) is 5.04. The van der Waals surface area contributed by atoms with Crippen LogP contribution in [0.3, 0.4) is 0 Å². The molecule has 0 aliphatic carbocycles. The number of aliphatic hydroxyl groups is 1. The van der Waals surface area contributed by atoms with Gasteiger partial charge in [-0.25, -0.2) is 4.79 Å². The lowest BCUT2D eigenvalue weighted by molar-refractivity contribution is -0.0315. The summed E-state index contributed by atoms with van der Waals surface area (Å²) in [6, 6.07) is 2.99. The van der Waals surface area contributed by atoms with E-state index in [2.05, 4.69) is 0 Å². The van der Waals surface area contributed by atoms with Gasteiger partial charge in [0.15, 0.2) is 0 Å². The molecule has 0 amide bonds. The maximum Gasteiger partial charge on any atom is 0.336 e. The fraction of sp³-hybridized carbons (Fsp3) is 0.533. The van der Waals surface area contributed by atoms with Gasteiger partial charge in [-0.05, 0) is 6.07 Å². The molecule has 0 spiro atoms. The van der Waals surface area contributed by atoms with E-state index in [9.17, 15) is 15.0 Å². The van der Waals surface area contributed by atoms with E-state index in [1.165, 1.54) is 20.3 Å². The van der Waals surface area contributed by atoms with E-state index >= 15 is 0 Å². The third kappa shape index (κ3) is 3.49. The van der Waals surface area contributed by atoms with E-state index in [4.69, 9.17) is 14.2 Å². The highest BCUT2D eigenvalue weighted by atomic mass is 16.5. The van der Waals surface area contributed by atoms with Gasteiger partial charge < -0.3 is 24.4 Å². The number of carbonyl (C=O) groups is 1. The summed E-state index contributed by atoms with van der Waals surface area (Å²) in [5, 5.41) is 18.9. The van der Waals surface area contributed by atoms with Crippen molar-refractivity contribution in [3.05, 3.63) is 23.3 Å². The molecule has 1 aliphatic heterocycles. The van der Waals surface area contributed by atoms with Crippen LogP contribution in [0.25, 0.3) is 0 Å². The number of hydrogen-bond acceptors (Lipinski definition) is 6. The fourth-order valence-electron chi connectivity index (χ4n) is 2.54. The molecular formula is C15H21NO6. The summed E-state index contributed by atoms with van der Waals surface area (Å²) < 4.78 is 15.8. The highest BCUT2D eigenvalue weighted by Gasteiger charge is 2.26. The van der Waals surface area contributed by atoms with Crippen molar-refractivity contribution in [3.63, 3.8) is 0 Å². The van der Waals surface area contributed by atoms with Crippen LogP contribution in [0.2, 0.25) is 0 Å². The molecule has 1 fully saturated rings. The van der Waals surface area contributed by atoms with Crippen molar-refractivity contribution < 1.29 is 29.2 Å². The maximum atomic E-state index is 11.5. The van der Waals surface area contributed by atoms with Crippen molar-refractivity contribution in [1.82, 2.24) is 4.90 Å².